The van der Waals surface area contributed by atoms with Crippen molar-refractivity contribution in [1.29, 1.82) is 0 Å². The third kappa shape index (κ3) is 4.57. The number of alkyl halides is 3. The van der Waals surface area contributed by atoms with Crippen molar-refractivity contribution in [2.45, 2.75) is 57.3 Å². The molecule has 160 valence electrons. The number of hydrogen-bond donors (Lipinski definition) is 1. The van der Waals surface area contributed by atoms with Gasteiger partial charge in [-0.05, 0) is 37.0 Å². The lowest BCUT2D eigenvalue weighted by molar-refractivity contribution is -0.156. The van der Waals surface area contributed by atoms with Crippen molar-refractivity contribution in [3.05, 3.63) is 35.4 Å². The summed E-state index contributed by atoms with van der Waals surface area (Å²) in [6, 6.07) is 4.66. The van der Waals surface area contributed by atoms with E-state index >= 15 is 0 Å². The highest BCUT2D eigenvalue weighted by atomic mass is 19.4. The fraction of sp³-hybridized carbons (Fsp3) is 0.619. The lowest BCUT2D eigenvalue weighted by Crippen LogP contribution is -2.62. The van der Waals surface area contributed by atoms with Crippen molar-refractivity contribution in [3.63, 3.8) is 0 Å². The van der Waals surface area contributed by atoms with Crippen LogP contribution in [0.15, 0.2) is 24.3 Å². The van der Waals surface area contributed by atoms with Gasteiger partial charge in [0, 0.05) is 32.7 Å². The quantitative estimate of drug-likeness (QED) is 0.778. The summed E-state index contributed by atoms with van der Waals surface area (Å²) in [7, 11) is 1.58. The van der Waals surface area contributed by atoms with Crippen LogP contribution in [0.4, 0.5) is 13.2 Å². The summed E-state index contributed by atoms with van der Waals surface area (Å²) in [6.07, 6.45) is -0.147. The van der Waals surface area contributed by atoms with Crippen LogP contribution in [0.5, 0.6) is 0 Å². The van der Waals surface area contributed by atoms with Crippen molar-refractivity contribution in [2.75, 3.05) is 20.3 Å². The van der Waals surface area contributed by atoms with E-state index < -0.39 is 17.2 Å². The predicted octanol–water partition coefficient (Wildman–Crippen LogP) is 3.52. The third-order valence-corrected chi connectivity index (χ3v) is 6.19. The number of carbonyl (C=O) groups excluding carboxylic acids is 2. The number of benzene rings is 1. The van der Waals surface area contributed by atoms with Gasteiger partial charge in [-0.2, -0.15) is 13.2 Å². The number of halogens is 3. The summed E-state index contributed by atoms with van der Waals surface area (Å²) in [6.45, 7) is 1.05. The van der Waals surface area contributed by atoms with Gasteiger partial charge in [0.05, 0.1) is 17.6 Å². The molecule has 1 saturated carbocycles. The van der Waals surface area contributed by atoms with Crippen LogP contribution in [0.1, 0.15) is 49.7 Å². The molecular formula is C21H27F3N2O3. The average Bonchev–Trinajstić information content (AvgIpc) is 2.71. The van der Waals surface area contributed by atoms with E-state index in [-0.39, 0.29) is 24.4 Å². The zero-order valence-corrected chi connectivity index (χ0v) is 16.6. The minimum Gasteiger partial charge on any atom is -0.383 e. The lowest BCUT2D eigenvalue weighted by atomic mass is 9.64. The van der Waals surface area contributed by atoms with Gasteiger partial charge in [0.2, 0.25) is 11.8 Å². The molecule has 1 heterocycles. The SMILES string of the molecule is COCCN1C(=O)CC[C@]2(C(=O)NCc3ccc(C(F)(F)F)cc3)CCCC[C@@H]12. The van der Waals surface area contributed by atoms with Crippen LogP contribution in [-0.2, 0) is 27.0 Å². The Morgan fingerprint density at radius 2 is 1.97 bits per heavy atom. The normalized spacial score (nSPS) is 24.9. The second-order valence-electron chi connectivity index (χ2n) is 7.88. The number of likely N-dealkylation sites (tertiary alicyclic amines) is 1. The second kappa shape index (κ2) is 8.73. The van der Waals surface area contributed by atoms with Crippen LogP contribution in [0.25, 0.3) is 0 Å². The molecule has 1 aliphatic carbocycles. The first-order valence-electron chi connectivity index (χ1n) is 10.0. The van der Waals surface area contributed by atoms with E-state index in [0.29, 0.717) is 38.0 Å². The molecule has 5 nitrogen and oxygen atoms in total. The van der Waals surface area contributed by atoms with Gasteiger partial charge in [0.1, 0.15) is 0 Å². The molecule has 1 aromatic rings. The number of rotatable bonds is 6. The van der Waals surface area contributed by atoms with Gasteiger partial charge < -0.3 is 15.0 Å². The minimum atomic E-state index is -4.38. The van der Waals surface area contributed by atoms with E-state index in [1.807, 2.05) is 0 Å². The van der Waals surface area contributed by atoms with Gasteiger partial charge in [-0.25, -0.2) is 0 Å². The first-order chi connectivity index (χ1) is 13.8. The highest BCUT2D eigenvalue weighted by Gasteiger charge is 2.52. The zero-order chi connectivity index (χ0) is 21.1. The molecule has 1 aromatic carbocycles. The van der Waals surface area contributed by atoms with Gasteiger partial charge >= 0.3 is 6.18 Å². The highest BCUT2D eigenvalue weighted by Crippen LogP contribution is 2.46. The minimum absolute atomic E-state index is 0.0557. The molecule has 8 heteroatoms. The fourth-order valence-corrected chi connectivity index (χ4v) is 4.63. The maximum atomic E-state index is 13.2. The number of nitrogens with one attached hydrogen (secondary N) is 1. The van der Waals surface area contributed by atoms with Crippen molar-refractivity contribution in [3.8, 4) is 0 Å². The van der Waals surface area contributed by atoms with E-state index in [0.717, 1.165) is 31.4 Å². The van der Waals surface area contributed by atoms with Crippen LogP contribution in [0.3, 0.4) is 0 Å². The third-order valence-electron chi connectivity index (χ3n) is 6.19. The molecular weight excluding hydrogens is 385 g/mol. The van der Waals surface area contributed by atoms with Gasteiger partial charge in [0.15, 0.2) is 0 Å². The molecule has 0 radical (unpaired) electrons. The smallest absolute Gasteiger partial charge is 0.383 e. The van der Waals surface area contributed by atoms with E-state index in [1.165, 1.54) is 12.1 Å². The molecule has 2 amide bonds. The number of ether oxygens (including phenoxy) is 1. The average molecular weight is 412 g/mol. The van der Waals surface area contributed by atoms with Crippen molar-refractivity contribution >= 4 is 11.8 Å². The van der Waals surface area contributed by atoms with Crippen molar-refractivity contribution in [1.82, 2.24) is 10.2 Å². The molecule has 0 bridgehead atoms. The number of piperidine rings is 1. The Bertz CT molecular complexity index is 736. The monoisotopic (exact) mass is 412 g/mol. The molecule has 0 aromatic heterocycles. The second-order valence-corrected chi connectivity index (χ2v) is 7.88. The summed E-state index contributed by atoms with van der Waals surface area (Å²) < 4.78 is 43.3. The molecule has 3 rings (SSSR count). The maximum Gasteiger partial charge on any atom is 0.416 e. The summed E-state index contributed by atoms with van der Waals surface area (Å²) in [5.41, 5.74) is -0.734. The largest absolute Gasteiger partial charge is 0.416 e. The summed E-state index contributed by atoms with van der Waals surface area (Å²) >= 11 is 0. The Hall–Kier alpha value is -2.09. The topological polar surface area (TPSA) is 58.6 Å². The molecule has 0 unspecified atom stereocenters. The summed E-state index contributed by atoms with van der Waals surface area (Å²) in [5.74, 6) is -0.0582. The molecule has 1 N–H and O–H groups in total. The maximum absolute atomic E-state index is 13.2. The first kappa shape index (κ1) is 21.6. The van der Waals surface area contributed by atoms with Crippen LogP contribution >= 0.6 is 0 Å². The van der Waals surface area contributed by atoms with Crippen LogP contribution < -0.4 is 5.32 Å². The zero-order valence-electron chi connectivity index (χ0n) is 16.6. The Labute approximate surface area is 168 Å². The Morgan fingerprint density at radius 1 is 1.24 bits per heavy atom. The van der Waals surface area contributed by atoms with Crippen LogP contribution in [0, 0.1) is 5.41 Å². The van der Waals surface area contributed by atoms with Crippen molar-refractivity contribution < 1.29 is 27.5 Å². The van der Waals surface area contributed by atoms with E-state index in [9.17, 15) is 22.8 Å². The molecule has 2 aliphatic rings. The van der Waals surface area contributed by atoms with E-state index in [1.54, 1.807) is 12.0 Å². The number of amides is 2. The molecule has 2 atom stereocenters. The van der Waals surface area contributed by atoms with Crippen molar-refractivity contribution in [2.24, 2.45) is 5.41 Å². The summed E-state index contributed by atoms with van der Waals surface area (Å²) in [5, 5.41) is 2.92. The van der Waals surface area contributed by atoms with Crippen LogP contribution in [0.2, 0.25) is 0 Å². The molecule has 1 aliphatic heterocycles. The Morgan fingerprint density at radius 3 is 2.62 bits per heavy atom. The Balaban J connectivity index is 1.71. The Kier molecular flexibility index (Phi) is 6.51. The number of carbonyl (C=O) groups is 2. The van der Waals surface area contributed by atoms with Gasteiger partial charge in [-0.15, -0.1) is 0 Å². The van der Waals surface area contributed by atoms with Gasteiger partial charge in [0.25, 0.3) is 0 Å². The molecule has 2 fully saturated rings. The number of nitrogens with zero attached hydrogens (tertiary/aromatic N) is 1. The first-order valence-corrected chi connectivity index (χ1v) is 10.0. The number of hydrogen-bond acceptors (Lipinski definition) is 3. The van der Waals surface area contributed by atoms with E-state index in [4.69, 9.17) is 4.74 Å². The number of methoxy groups -OCH3 is 1. The van der Waals surface area contributed by atoms with Crippen LogP contribution in [-0.4, -0.2) is 43.0 Å². The standard InChI is InChI=1S/C21H27F3N2O3/c1-29-13-12-26-17-4-2-3-10-20(17,11-9-18(26)27)19(28)25-14-15-5-7-16(8-6-15)21(22,23)24/h5-8,17H,2-4,9-14H2,1H3,(H,25,28)/t17-,20-/m1/s1. The molecule has 0 spiro atoms. The number of fused-ring (bicyclic) bond motifs is 1. The van der Waals surface area contributed by atoms with Gasteiger partial charge in [-0.1, -0.05) is 25.0 Å². The molecule has 1 saturated heterocycles. The van der Waals surface area contributed by atoms with Gasteiger partial charge in [-0.3, -0.25) is 9.59 Å². The summed E-state index contributed by atoms with van der Waals surface area (Å²) in [4.78, 5) is 27.5. The predicted molar refractivity (Wildman–Crippen MR) is 101 cm³/mol. The molecule has 29 heavy (non-hydrogen) atoms. The highest BCUT2D eigenvalue weighted by molar-refractivity contribution is 5.88. The fourth-order valence-electron chi connectivity index (χ4n) is 4.63. The van der Waals surface area contributed by atoms with E-state index in [2.05, 4.69) is 5.32 Å². The lowest BCUT2D eigenvalue weighted by Gasteiger charge is -2.51.